The van der Waals surface area contributed by atoms with Crippen LogP contribution in [0, 0.1) is 11.8 Å². The predicted octanol–water partition coefficient (Wildman–Crippen LogP) is 4.47. The molecular formula is C26H36N2O2. The highest BCUT2D eigenvalue weighted by atomic mass is 16.5. The first-order valence-electron chi connectivity index (χ1n) is 11.4. The second-order valence-corrected chi connectivity index (χ2v) is 8.36. The minimum absolute atomic E-state index is 0.00653. The lowest BCUT2D eigenvalue weighted by molar-refractivity contribution is -0.149. The summed E-state index contributed by atoms with van der Waals surface area (Å²) in [5.41, 5.74) is 1.41. The number of ether oxygens (including phenoxy) is 1. The van der Waals surface area contributed by atoms with Crippen molar-refractivity contribution in [2.75, 3.05) is 39.3 Å². The Bertz CT molecular complexity index is 688. The molecule has 2 aliphatic rings. The monoisotopic (exact) mass is 408 g/mol. The highest BCUT2D eigenvalue weighted by Gasteiger charge is 2.29. The molecule has 0 N–H and O–H groups in total. The maximum Gasteiger partial charge on any atom is 0.309 e. The number of esters is 1. The zero-order valence-corrected chi connectivity index (χ0v) is 18.3. The molecule has 0 saturated carbocycles. The second kappa shape index (κ2) is 12.5. The van der Waals surface area contributed by atoms with Crippen molar-refractivity contribution in [2.24, 2.45) is 11.8 Å². The van der Waals surface area contributed by atoms with Crippen LogP contribution in [0.25, 0.3) is 0 Å². The van der Waals surface area contributed by atoms with Gasteiger partial charge in [0.2, 0.25) is 0 Å². The maximum atomic E-state index is 11.8. The summed E-state index contributed by atoms with van der Waals surface area (Å²) in [4.78, 5) is 16.9. The van der Waals surface area contributed by atoms with Crippen molar-refractivity contribution in [2.45, 2.75) is 32.7 Å². The molecule has 2 aromatic rings. The van der Waals surface area contributed by atoms with Crippen molar-refractivity contribution in [3.63, 3.8) is 0 Å². The Morgan fingerprint density at radius 2 is 1.43 bits per heavy atom. The molecule has 0 amide bonds. The lowest BCUT2D eigenvalue weighted by Gasteiger charge is -2.32. The van der Waals surface area contributed by atoms with Gasteiger partial charge in [0.25, 0.3) is 0 Å². The van der Waals surface area contributed by atoms with Crippen LogP contribution in [0.3, 0.4) is 0 Å². The Morgan fingerprint density at radius 3 is 2.03 bits per heavy atom. The minimum atomic E-state index is 0.00653. The number of hydrogen-bond donors (Lipinski definition) is 0. The van der Waals surface area contributed by atoms with Gasteiger partial charge in [-0.1, -0.05) is 66.7 Å². The Balaban J connectivity index is 0.000000367. The average Bonchev–Trinajstić information content (AvgIpc) is 3.23. The normalized spacial score (nSPS) is 20.4. The van der Waals surface area contributed by atoms with E-state index in [-0.39, 0.29) is 11.9 Å². The summed E-state index contributed by atoms with van der Waals surface area (Å²) in [6, 6.07) is 22.8. The molecule has 30 heavy (non-hydrogen) atoms. The fourth-order valence-corrected chi connectivity index (χ4v) is 4.41. The van der Waals surface area contributed by atoms with Crippen LogP contribution >= 0.6 is 0 Å². The summed E-state index contributed by atoms with van der Waals surface area (Å²) in [7, 11) is 0. The largest absolute Gasteiger partial charge is 0.466 e. The Hall–Kier alpha value is -2.17. The maximum absolute atomic E-state index is 11.8. The minimum Gasteiger partial charge on any atom is -0.466 e. The standard InChI is InChI=1S/C20H30N2O2.C6H6/c1-2-24-20(23)19-9-12-21(13-10-19)15-18-8-11-22(16-18)14-17-6-4-3-5-7-17;1-2-4-6-5-3-1/h3-7,18-19H,2,8-16H2,1H3;1-6H/t18-;/m0./s1. The van der Waals surface area contributed by atoms with Gasteiger partial charge in [-0.3, -0.25) is 9.69 Å². The number of carbonyl (C=O) groups excluding carboxylic acids is 1. The van der Waals surface area contributed by atoms with E-state index in [0.717, 1.165) is 38.4 Å². The van der Waals surface area contributed by atoms with Crippen LogP contribution in [0.4, 0.5) is 0 Å². The SMILES string of the molecule is CCOC(=O)C1CCN(C[C@@H]2CCN(Cc3ccccc3)C2)CC1.c1ccccc1. The fraction of sp³-hybridized carbons (Fsp3) is 0.500. The average molecular weight is 409 g/mol. The molecule has 4 rings (SSSR count). The molecule has 0 aliphatic carbocycles. The summed E-state index contributed by atoms with van der Waals surface area (Å²) in [6.45, 7) is 9.12. The molecule has 4 nitrogen and oxygen atoms in total. The van der Waals surface area contributed by atoms with E-state index in [0.29, 0.717) is 6.61 Å². The zero-order valence-electron chi connectivity index (χ0n) is 18.3. The lowest BCUT2D eigenvalue weighted by Crippen LogP contribution is -2.40. The molecular weight excluding hydrogens is 372 g/mol. The number of likely N-dealkylation sites (tertiary alicyclic amines) is 2. The highest BCUT2D eigenvalue weighted by Crippen LogP contribution is 2.23. The van der Waals surface area contributed by atoms with Crippen LogP contribution in [-0.4, -0.2) is 55.1 Å². The molecule has 0 radical (unpaired) electrons. The molecule has 4 heteroatoms. The Kier molecular flexibility index (Phi) is 9.39. The van der Waals surface area contributed by atoms with Crippen LogP contribution in [0.2, 0.25) is 0 Å². The molecule has 2 fully saturated rings. The number of carbonyl (C=O) groups is 1. The fourth-order valence-electron chi connectivity index (χ4n) is 4.41. The van der Waals surface area contributed by atoms with Gasteiger partial charge in [-0.25, -0.2) is 0 Å². The van der Waals surface area contributed by atoms with E-state index in [4.69, 9.17) is 4.74 Å². The van der Waals surface area contributed by atoms with Crippen molar-refractivity contribution in [3.8, 4) is 0 Å². The van der Waals surface area contributed by atoms with E-state index < -0.39 is 0 Å². The number of rotatable bonds is 6. The van der Waals surface area contributed by atoms with E-state index in [1.165, 1.54) is 31.6 Å². The zero-order chi connectivity index (χ0) is 21.0. The van der Waals surface area contributed by atoms with Gasteiger partial charge < -0.3 is 9.64 Å². The van der Waals surface area contributed by atoms with Gasteiger partial charge in [-0.05, 0) is 57.3 Å². The van der Waals surface area contributed by atoms with Crippen molar-refractivity contribution < 1.29 is 9.53 Å². The molecule has 0 unspecified atom stereocenters. The Labute approximate surface area is 181 Å². The van der Waals surface area contributed by atoms with Gasteiger partial charge in [0, 0.05) is 19.6 Å². The lowest BCUT2D eigenvalue weighted by atomic mass is 9.96. The van der Waals surface area contributed by atoms with Gasteiger partial charge in [0.15, 0.2) is 0 Å². The van der Waals surface area contributed by atoms with Crippen molar-refractivity contribution in [1.29, 1.82) is 0 Å². The molecule has 2 saturated heterocycles. The first-order chi connectivity index (χ1) is 14.7. The number of nitrogens with zero attached hydrogens (tertiary/aromatic N) is 2. The highest BCUT2D eigenvalue weighted by molar-refractivity contribution is 5.72. The van der Waals surface area contributed by atoms with Gasteiger partial charge in [-0.15, -0.1) is 0 Å². The van der Waals surface area contributed by atoms with E-state index in [2.05, 4.69) is 40.1 Å². The third-order valence-electron chi connectivity index (χ3n) is 6.01. The Morgan fingerprint density at radius 1 is 0.867 bits per heavy atom. The first kappa shape index (κ1) is 22.5. The van der Waals surface area contributed by atoms with E-state index in [1.54, 1.807) is 0 Å². The van der Waals surface area contributed by atoms with E-state index in [9.17, 15) is 4.79 Å². The summed E-state index contributed by atoms with van der Waals surface area (Å²) in [5.74, 6) is 0.902. The van der Waals surface area contributed by atoms with Crippen LogP contribution in [-0.2, 0) is 16.1 Å². The van der Waals surface area contributed by atoms with Crippen LogP contribution in [0.15, 0.2) is 66.7 Å². The first-order valence-corrected chi connectivity index (χ1v) is 11.4. The molecule has 162 valence electrons. The van der Waals surface area contributed by atoms with Crippen LogP contribution < -0.4 is 0 Å². The van der Waals surface area contributed by atoms with Gasteiger partial charge in [0.05, 0.1) is 12.5 Å². The number of hydrogen-bond acceptors (Lipinski definition) is 4. The number of benzene rings is 2. The third kappa shape index (κ3) is 7.58. The third-order valence-corrected chi connectivity index (χ3v) is 6.01. The van der Waals surface area contributed by atoms with Crippen molar-refractivity contribution in [3.05, 3.63) is 72.3 Å². The summed E-state index contributed by atoms with van der Waals surface area (Å²) in [5, 5.41) is 0. The molecule has 1 atom stereocenters. The van der Waals surface area contributed by atoms with Crippen LogP contribution in [0.1, 0.15) is 31.7 Å². The van der Waals surface area contributed by atoms with Crippen molar-refractivity contribution in [1.82, 2.24) is 9.80 Å². The quantitative estimate of drug-likeness (QED) is 0.660. The molecule has 2 heterocycles. The summed E-state index contributed by atoms with van der Waals surface area (Å²) >= 11 is 0. The number of piperidine rings is 1. The molecule has 2 aromatic carbocycles. The van der Waals surface area contributed by atoms with Crippen molar-refractivity contribution >= 4 is 5.97 Å². The second-order valence-electron chi connectivity index (χ2n) is 8.36. The molecule has 0 spiro atoms. The predicted molar refractivity (Wildman–Crippen MR) is 122 cm³/mol. The van der Waals surface area contributed by atoms with Gasteiger partial charge in [-0.2, -0.15) is 0 Å². The molecule has 0 bridgehead atoms. The van der Waals surface area contributed by atoms with E-state index >= 15 is 0 Å². The smallest absolute Gasteiger partial charge is 0.309 e. The summed E-state index contributed by atoms with van der Waals surface area (Å²) < 4.78 is 5.16. The topological polar surface area (TPSA) is 32.8 Å². The van der Waals surface area contributed by atoms with Gasteiger partial charge in [0.1, 0.15) is 0 Å². The molecule has 0 aromatic heterocycles. The molecule has 2 aliphatic heterocycles. The van der Waals surface area contributed by atoms with Gasteiger partial charge >= 0.3 is 5.97 Å². The summed E-state index contributed by atoms with van der Waals surface area (Å²) in [6.07, 6.45) is 3.21. The van der Waals surface area contributed by atoms with Crippen LogP contribution in [0.5, 0.6) is 0 Å². The van der Waals surface area contributed by atoms with E-state index in [1.807, 2.05) is 43.3 Å².